The van der Waals surface area contributed by atoms with Gasteiger partial charge in [0.1, 0.15) is 5.82 Å². The SMILES string of the molecule is Cc1nn(-c2cccc(F)c2)c(C)c1N. The summed E-state index contributed by atoms with van der Waals surface area (Å²) < 4.78 is 14.7. The van der Waals surface area contributed by atoms with Crippen LogP contribution in [0.25, 0.3) is 5.69 Å². The van der Waals surface area contributed by atoms with Crippen molar-refractivity contribution in [3.05, 3.63) is 41.5 Å². The first-order chi connectivity index (χ1) is 7.09. The Labute approximate surface area is 87.3 Å². The number of hydrogen-bond donors (Lipinski definition) is 1. The third-order valence-electron chi connectivity index (χ3n) is 2.40. The number of hydrogen-bond acceptors (Lipinski definition) is 2. The highest BCUT2D eigenvalue weighted by Crippen LogP contribution is 2.19. The molecule has 0 bridgehead atoms. The van der Waals surface area contributed by atoms with E-state index >= 15 is 0 Å². The van der Waals surface area contributed by atoms with Crippen molar-refractivity contribution >= 4 is 5.69 Å². The predicted molar refractivity (Wildman–Crippen MR) is 57.4 cm³/mol. The molecular weight excluding hydrogens is 193 g/mol. The first-order valence-electron chi connectivity index (χ1n) is 4.67. The summed E-state index contributed by atoms with van der Waals surface area (Å²) in [6.07, 6.45) is 0. The Morgan fingerprint density at radius 3 is 2.60 bits per heavy atom. The van der Waals surface area contributed by atoms with Crippen LogP contribution in [0.2, 0.25) is 0 Å². The Morgan fingerprint density at radius 2 is 2.07 bits per heavy atom. The summed E-state index contributed by atoms with van der Waals surface area (Å²) in [5, 5.41) is 4.25. The van der Waals surface area contributed by atoms with Crippen molar-refractivity contribution in [1.29, 1.82) is 0 Å². The van der Waals surface area contributed by atoms with Crippen LogP contribution in [-0.4, -0.2) is 9.78 Å². The number of nitrogens with zero attached hydrogens (tertiary/aromatic N) is 2. The third kappa shape index (κ3) is 1.58. The molecule has 4 heteroatoms. The van der Waals surface area contributed by atoms with Crippen LogP contribution in [0.4, 0.5) is 10.1 Å². The molecule has 0 saturated carbocycles. The van der Waals surface area contributed by atoms with E-state index in [4.69, 9.17) is 5.73 Å². The van der Waals surface area contributed by atoms with Gasteiger partial charge >= 0.3 is 0 Å². The topological polar surface area (TPSA) is 43.8 Å². The van der Waals surface area contributed by atoms with Crippen LogP contribution in [-0.2, 0) is 0 Å². The Hall–Kier alpha value is -1.84. The first-order valence-corrected chi connectivity index (χ1v) is 4.67. The molecule has 0 atom stereocenters. The van der Waals surface area contributed by atoms with Crippen LogP contribution in [0.5, 0.6) is 0 Å². The van der Waals surface area contributed by atoms with Gasteiger partial charge in [0.15, 0.2) is 0 Å². The maximum Gasteiger partial charge on any atom is 0.125 e. The summed E-state index contributed by atoms with van der Waals surface area (Å²) in [6.45, 7) is 3.69. The lowest BCUT2D eigenvalue weighted by Crippen LogP contribution is -1.99. The standard InChI is InChI=1S/C11H12FN3/c1-7-11(13)8(2)15(14-7)10-5-3-4-9(12)6-10/h3-6H,13H2,1-2H3. The van der Waals surface area contributed by atoms with Crippen LogP contribution < -0.4 is 5.73 Å². The molecule has 0 radical (unpaired) electrons. The summed E-state index contributed by atoms with van der Waals surface area (Å²) >= 11 is 0. The zero-order valence-electron chi connectivity index (χ0n) is 8.66. The average molecular weight is 205 g/mol. The fourth-order valence-corrected chi connectivity index (χ4v) is 1.51. The molecule has 0 fully saturated rings. The van der Waals surface area contributed by atoms with E-state index in [0.717, 1.165) is 11.4 Å². The number of rotatable bonds is 1. The molecule has 0 aliphatic rings. The van der Waals surface area contributed by atoms with E-state index < -0.39 is 0 Å². The molecule has 0 aliphatic carbocycles. The number of halogens is 1. The summed E-state index contributed by atoms with van der Waals surface area (Å²) in [4.78, 5) is 0. The molecule has 0 amide bonds. The number of nitrogens with two attached hydrogens (primary N) is 1. The van der Waals surface area contributed by atoms with Crippen LogP contribution in [0, 0.1) is 19.7 Å². The number of aryl methyl sites for hydroxylation is 1. The molecule has 0 spiro atoms. The summed E-state index contributed by atoms with van der Waals surface area (Å²) in [5.74, 6) is -0.279. The van der Waals surface area contributed by atoms with Gasteiger partial charge in [-0.1, -0.05) is 6.07 Å². The van der Waals surface area contributed by atoms with E-state index in [1.165, 1.54) is 12.1 Å². The van der Waals surface area contributed by atoms with Crippen LogP contribution >= 0.6 is 0 Å². The minimum Gasteiger partial charge on any atom is -0.396 e. The number of benzene rings is 1. The number of nitrogen functional groups attached to an aromatic ring is 1. The maximum absolute atomic E-state index is 13.0. The first kappa shape index (κ1) is 9.71. The monoisotopic (exact) mass is 205 g/mol. The lowest BCUT2D eigenvalue weighted by Gasteiger charge is -2.03. The molecule has 0 unspecified atom stereocenters. The second-order valence-corrected chi connectivity index (χ2v) is 3.48. The number of anilines is 1. The molecule has 1 heterocycles. The smallest absolute Gasteiger partial charge is 0.125 e. The van der Waals surface area contributed by atoms with Crippen LogP contribution in [0.1, 0.15) is 11.4 Å². The van der Waals surface area contributed by atoms with Crippen molar-refractivity contribution in [3.63, 3.8) is 0 Å². The third-order valence-corrected chi connectivity index (χ3v) is 2.40. The average Bonchev–Trinajstić information content (AvgIpc) is 2.46. The molecule has 78 valence electrons. The van der Waals surface area contributed by atoms with E-state index in [-0.39, 0.29) is 5.82 Å². The van der Waals surface area contributed by atoms with Gasteiger partial charge in [0, 0.05) is 0 Å². The Balaban J connectivity index is 2.59. The lowest BCUT2D eigenvalue weighted by atomic mass is 10.3. The summed E-state index contributed by atoms with van der Waals surface area (Å²) in [7, 11) is 0. The van der Waals surface area contributed by atoms with Gasteiger partial charge in [0.05, 0.1) is 22.8 Å². The van der Waals surface area contributed by atoms with Gasteiger partial charge in [0.2, 0.25) is 0 Å². The van der Waals surface area contributed by atoms with E-state index in [0.29, 0.717) is 11.4 Å². The van der Waals surface area contributed by atoms with Crippen LogP contribution in [0.3, 0.4) is 0 Å². The highest BCUT2D eigenvalue weighted by molar-refractivity contribution is 5.50. The zero-order chi connectivity index (χ0) is 11.0. The van der Waals surface area contributed by atoms with Crippen molar-refractivity contribution in [3.8, 4) is 5.69 Å². The minimum absolute atomic E-state index is 0.279. The van der Waals surface area contributed by atoms with Crippen molar-refractivity contribution in [1.82, 2.24) is 9.78 Å². The second-order valence-electron chi connectivity index (χ2n) is 3.48. The predicted octanol–water partition coefficient (Wildman–Crippen LogP) is 2.21. The van der Waals surface area contributed by atoms with E-state index in [1.54, 1.807) is 16.8 Å². The normalized spacial score (nSPS) is 10.6. The number of aromatic nitrogens is 2. The fourth-order valence-electron chi connectivity index (χ4n) is 1.51. The second kappa shape index (κ2) is 3.38. The quantitative estimate of drug-likeness (QED) is 0.775. The molecule has 15 heavy (non-hydrogen) atoms. The summed E-state index contributed by atoms with van der Waals surface area (Å²) in [6, 6.07) is 6.27. The molecule has 2 aromatic rings. The maximum atomic E-state index is 13.0. The van der Waals surface area contributed by atoms with Crippen molar-refractivity contribution in [2.24, 2.45) is 0 Å². The largest absolute Gasteiger partial charge is 0.396 e. The molecule has 3 nitrogen and oxygen atoms in total. The highest BCUT2D eigenvalue weighted by atomic mass is 19.1. The van der Waals surface area contributed by atoms with Crippen molar-refractivity contribution in [2.45, 2.75) is 13.8 Å². The fraction of sp³-hybridized carbons (Fsp3) is 0.182. The molecule has 1 aromatic heterocycles. The molecular formula is C11H12FN3. The molecule has 2 N–H and O–H groups in total. The van der Waals surface area contributed by atoms with Gasteiger partial charge in [-0.25, -0.2) is 9.07 Å². The molecule has 1 aromatic carbocycles. The Kier molecular flexibility index (Phi) is 2.19. The minimum atomic E-state index is -0.279. The van der Waals surface area contributed by atoms with Crippen molar-refractivity contribution in [2.75, 3.05) is 5.73 Å². The van der Waals surface area contributed by atoms with E-state index in [2.05, 4.69) is 5.10 Å². The zero-order valence-corrected chi connectivity index (χ0v) is 8.66. The van der Waals surface area contributed by atoms with Gasteiger partial charge in [-0.2, -0.15) is 5.10 Å². The van der Waals surface area contributed by atoms with E-state index in [9.17, 15) is 4.39 Å². The Bertz CT molecular complexity index is 503. The molecule has 0 saturated heterocycles. The lowest BCUT2D eigenvalue weighted by molar-refractivity contribution is 0.625. The van der Waals surface area contributed by atoms with Crippen molar-refractivity contribution < 1.29 is 4.39 Å². The van der Waals surface area contributed by atoms with Gasteiger partial charge in [-0.05, 0) is 32.0 Å². The molecule has 2 rings (SSSR count). The molecule has 0 aliphatic heterocycles. The summed E-state index contributed by atoms with van der Waals surface area (Å²) in [5.41, 5.74) is 8.73. The van der Waals surface area contributed by atoms with Gasteiger partial charge in [0.25, 0.3) is 0 Å². The van der Waals surface area contributed by atoms with Gasteiger partial charge in [-0.3, -0.25) is 0 Å². The van der Waals surface area contributed by atoms with Gasteiger partial charge in [-0.15, -0.1) is 0 Å². The van der Waals surface area contributed by atoms with Gasteiger partial charge < -0.3 is 5.73 Å². The van der Waals surface area contributed by atoms with E-state index in [1.807, 2.05) is 13.8 Å². The van der Waals surface area contributed by atoms with Crippen LogP contribution in [0.15, 0.2) is 24.3 Å². The Morgan fingerprint density at radius 1 is 1.33 bits per heavy atom. The highest BCUT2D eigenvalue weighted by Gasteiger charge is 2.09.